The summed E-state index contributed by atoms with van der Waals surface area (Å²) in [5.74, 6) is -0.0329. The summed E-state index contributed by atoms with van der Waals surface area (Å²) in [7, 11) is 1.63. The molecule has 0 fully saturated rings. The summed E-state index contributed by atoms with van der Waals surface area (Å²) in [5.41, 5.74) is 2.01. The van der Waals surface area contributed by atoms with Crippen molar-refractivity contribution in [1.82, 2.24) is 4.90 Å². The van der Waals surface area contributed by atoms with E-state index >= 15 is 0 Å². The fraction of sp³-hybridized carbons (Fsp3) is 0.267. The van der Waals surface area contributed by atoms with Crippen LogP contribution in [0.5, 0.6) is 0 Å². The minimum atomic E-state index is -0.0329. The Balaban J connectivity index is 1.99. The molecule has 0 unspecified atom stereocenters. The number of methoxy groups -OCH3 is 1. The highest BCUT2D eigenvalue weighted by Crippen LogP contribution is 2.10. The predicted octanol–water partition coefficient (Wildman–Crippen LogP) is 3.03. The van der Waals surface area contributed by atoms with E-state index in [1.165, 1.54) is 0 Å². The summed E-state index contributed by atoms with van der Waals surface area (Å²) < 4.78 is 10.1. The highest BCUT2D eigenvalue weighted by Gasteiger charge is 2.11. The third-order valence-corrected chi connectivity index (χ3v) is 3.49. The van der Waals surface area contributed by atoms with Gasteiger partial charge in [0, 0.05) is 31.8 Å². The molecule has 5 heteroatoms. The lowest BCUT2D eigenvalue weighted by molar-refractivity contribution is -0.127. The van der Waals surface area contributed by atoms with Crippen molar-refractivity contribution in [2.24, 2.45) is 0 Å². The molecule has 2 rings (SSSR count). The Kier molecular flexibility index (Phi) is 5.58. The fourth-order valence-corrected chi connectivity index (χ4v) is 2.34. The molecule has 20 heavy (non-hydrogen) atoms. The van der Waals surface area contributed by atoms with Crippen molar-refractivity contribution < 1.29 is 13.9 Å². The number of hydrogen-bond acceptors (Lipinski definition) is 4. The van der Waals surface area contributed by atoms with E-state index in [2.05, 4.69) is 0 Å². The molecular weight excluding hydrogens is 274 g/mol. The van der Waals surface area contributed by atoms with Crippen molar-refractivity contribution in [3.8, 4) is 0 Å². The molecule has 0 aliphatic carbocycles. The first-order valence-corrected chi connectivity index (χ1v) is 7.23. The Morgan fingerprint density at radius 3 is 3.05 bits per heavy atom. The van der Waals surface area contributed by atoms with Gasteiger partial charge in [-0.2, -0.15) is 11.3 Å². The molecule has 2 aromatic rings. The maximum Gasteiger partial charge on any atom is 0.246 e. The van der Waals surface area contributed by atoms with E-state index in [0.29, 0.717) is 19.7 Å². The fourth-order valence-electron chi connectivity index (χ4n) is 1.71. The van der Waals surface area contributed by atoms with E-state index in [1.807, 2.05) is 29.0 Å². The molecule has 2 aromatic heterocycles. The highest BCUT2D eigenvalue weighted by atomic mass is 32.1. The van der Waals surface area contributed by atoms with E-state index in [0.717, 1.165) is 11.1 Å². The zero-order valence-corrected chi connectivity index (χ0v) is 12.1. The molecule has 0 aliphatic rings. The van der Waals surface area contributed by atoms with Crippen LogP contribution in [0.15, 0.2) is 45.9 Å². The van der Waals surface area contributed by atoms with Crippen LogP contribution in [0.25, 0.3) is 6.08 Å². The first kappa shape index (κ1) is 14.6. The van der Waals surface area contributed by atoms with Gasteiger partial charge in [0.05, 0.1) is 19.1 Å². The number of ether oxygens (including phenoxy) is 1. The molecule has 0 saturated carbocycles. The Bertz CT molecular complexity index is 531. The molecule has 0 N–H and O–H groups in total. The van der Waals surface area contributed by atoms with Crippen LogP contribution in [0.3, 0.4) is 0 Å². The molecule has 1 amide bonds. The number of furan rings is 1. The summed E-state index contributed by atoms with van der Waals surface area (Å²) in [6.07, 6.45) is 6.68. The Labute approximate surface area is 122 Å². The monoisotopic (exact) mass is 291 g/mol. The Hall–Kier alpha value is -1.85. The van der Waals surface area contributed by atoms with Crippen LogP contribution in [0, 0.1) is 0 Å². The van der Waals surface area contributed by atoms with Gasteiger partial charge in [-0.25, -0.2) is 0 Å². The van der Waals surface area contributed by atoms with Gasteiger partial charge in [0.25, 0.3) is 0 Å². The number of nitrogens with zero attached hydrogens (tertiary/aromatic N) is 1. The third-order valence-electron chi connectivity index (χ3n) is 2.79. The topological polar surface area (TPSA) is 42.7 Å². The van der Waals surface area contributed by atoms with Crippen molar-refractivity contribution >= 4 is 23.3 Å². The zero-order valence-electron chi connectivity index (χ0n) is 11.3. The summed E-state index contributed by atoms with van der Waals surface area (Å²) >= 11 is 1.61. The first-order chi connectivity index (χ1) is 9.79. The molecule has 0 spiro atoms. The van der Waals surface area contributed by atoms with Crippen LogP contribution in [0.2, 0.25) is 0 Å². The smallest absolute Gasteiger partial charge is 0.246 e. The molecule has 4 nitrogen and oxygen atoms in total. The van der Waals surface area contributed by atoms with Crippen LogP contribution in [0.1, 0.15) is 11.1 Å². The number of thiophene rings is 1. The number of hydrogen-bond donors (Lipinski definition) is 0. The predicted molar refractivity (Wildman–Crippen MR) is 79.4 cm³/mol. The molecule has 106 valence electrons. The second-order valence-electron chi connectivity index (χ2n) is 4.27. The molecule has 0 aromatic carbocycles. The van der Waals surface area contributed by atoms with Gasteiger partial charge in [-0.1, -0.05) is 0 Å². The van der Waals surface area contributed by atoms with Crippen molar-refractivity contribution in [2.45, 2.75) is 6.54 Å². The normalized spacial score (nSPS) is 11.1. The average Bonchev–Trinajstić information content (AvgIpc) is 3.13. The number of rotatable bonds is 7. The van der Waals surface area contributed by atoms with Crippen LogP contribution in [-0.2, 0) is 16.1 Å². The summed E-state index contributed by atoms with van der Waals surface area (Å²) in [6.45, 7) is 1.58. The molecule has 0 radical (unpaired) electrons. The first-order valence-electron chi connectivity index (χ1n) is 6.29. The molecule has 2 heterocycles. The van der Waals surface area contributed by atoms with Crippen molar-refractivity contribution in [1.29, 1.82) is 0 Å². The minimum Gasteiger partial charge on any atom is -0.472 e. The second kappa shape index (κ2) is 7.67. The van der Waals surface area contributed by atoms with Gasteiger partial charge >= 0.3 is 0 Å². The van der Waals surface area contributed by atoms with Crippen molar-refractivity contribution in [2.75, 3.05) is 20.3 Å². The Morgan fingerprint density at radius 1 is 1.50 bits per heavy atom. The largest absolute Gasteiger partial charge is 0.472 e. The third kappa shape index (κ3) is 4.36. The van der Waals surface area contributed by atoms with Gasteiger partial charge in [0.1, 0.15) is 0 Å². The molecule has 0 aliphatic heterocycles. The van der Waals surface area contributed by atoms with Crippen LogP contribution in [-0.4, -0.2) is 31.1 Å². The quantitative estimate of drug-likeness (QED) is 0.736. The van der Waals surface area contributed by atoms with Crippen LogP contribution in [0.4, 0.5) is 0 Å². The van der Waals surface area contributed by atoms with Gasteiger partial charge in [0.15, 0.2) is 0 Å². The van der Waals surface area contributed by atoms with E-state index < -0.39 is 0 Å². The summed E-state index contributed by atoms with van der Waals surface area (Å²) in [5, 5.41) is 3.98. The number of carbonyl (C=O) groups excluding carboxylic acids is 1. The Morgan fingerprint density at radius 2 is 2.40 bits per heavy atom. The number of amides is 1. The van der Waals surface area contributed by atoms with Gasteiger partial charge in [-0.3, -0.25) is 4.79 Å². The molecule has 0 bridgehead atoms. The summed E-state index contributed by atoms with van der Waals surface area (Å²) in [4.78, 5) is 14.0. The van der Waals surface area contributed by atoms with Crippen molar-refractivity contribution in [3.63, 3.8) is 0 Å². The van der Waals surface area contributed by atoms with E-state index in [9.17, 15) is 4.79 Å². The summed E-state index contributed by atoms with van der Waals surface area (Å²) in [6, 6.07) is 3.83. The van der Waals surface area contributed by atoms with Gasteiger partial charge in [-0.05, 0) is 34.5 Å². The zero-order chi connectivity index (χ0) is 14.2. The second-order valence-corrected chi connectivity index (χ2v) is 5.05. The molecular formula is C15H17NO3S. The lowest BCUT2D eigenvalue weighted by Crippen LogP contribution is -2.31. The van der Waals surface area contributed by atoms with E-state index in [1.54, 1.807) is 41.9 Å². The van der Waals surface area contributed by atoms with Gasteiger partial charge < -0.3 is 14.1 Å². The standard InChI is InChI=1S/C15H17NO3S/c1-18-8-6-16(10-14-4-7-19-11-14)15(17)3-2-13-5-9-20-12-13/h2-5,7,9,11-12H,6,8,10H2,1H3/b3-2+. The molecule has 0 saturated heterocycles. The van der Waals surface area contributed by atoms with Crippen LogP contribution < -0.4 is 0 Å². The minimum absolute atomic E-state index is 0.0329. The number of carbonyl (C=O) groups is 1. The highest BCUT2D eigenvalue weighted by molar-refractivity contribution is 7.08. The lowest BCUT2D eigenvalue weighted by Gasteiger charge is -2.20. The van der Waals surface area contributed by atoms with E-state index in [4.69, 9.17) is 9.15 Å². The van der Waals surface area contributed by atoms with E-state index in [-0.39, 0.29) is 5.91 Å². The SMILES string of the molecule is COCCN(Cc1ccoc1)C(=O)/C=C/c1ccsc1. The van der Waals surface area contributed by atoms with Crippen LogP contribution >= 0.6 is 11.3 Å². The lowest BCUT2D eigenvalue weighted by atomic mass is 10.2. The molecule has 0 atom stereocenters. The maximum atomic E-state index is 12.2. The average molecular weight is 291 g/mol. The maximum absolute atomic E-state index is 12.2. The van der Waals surface area contributed by atoms with Crippen molar-refractivity contribution in [3.05, 3.63) is 52.6 Å². The van der Waals surface area contributed by atoms with Gasteiger partial charge in [0.2, 0.25) is 5.91 Å². The van der Waals surface area contributed by atoms with Gasteiger partial charge in [-0.15, -0.1) is 0 Å².